The van der Waals surface area contributed by atoms with E-state index in [4.69, 9.17) is 4.74 Å². The zero-order chi connectivity index (χ0) is 18.7. The predicted molar refractivity (Wildman–Crippen MR) is 114 cm³/mol. The Labute approximate surface area is 168 Å². The minimum atomic E-state index is -0.645. The van der Waals surface area contributed by atoms with Crippen molar-refractivity contribution in [3.05, 3.63) is 59.7 Å². The van der Waals surface area contributed by atoms with Crippen molar-refractivity contribution in [1.82, 2.24) is 5.32 Å². The molecule has 0 amide bonds. The van der Waals surface area contributed by atoms with E-state index >= 15 is 0 Å². The van der Waals surface area contributed by atoms with E-state index in [-0.39, 0.29) is 18.4 Å². The number of halogens is 1. The summed E-state index contributed by atoms with van der Waals surface area (Å²) in [5.41, 5.74) is 2.69. The molecule has 1 aliphatic rings. The first-order valence-corrected chi connectivity index (χ1v) is 9.42. The molecule has 3 rings (SSSR count). The summed E-state index contributed by atoms with van der Waals surface area (Å²) in [4.78, 5) is 0. The van der Waals surface area contributed by atoms with Gasteiger partial charge in [-0.15, -0.1) is 12.4 Å². The SMILES string of the molecule is CC(C)Nc1ccc2c(c1)OC(C)(C)[C@H](O)[C@H]2NCCc1ccccc1.Cl. The van der Waals surface area contributed by atoms with Crippen molar-refractivity contribution in [3.63, 3.8) is 0 Å². The number of anilines is 1. The molecule has 5 heteroatoms. The van der Waals surface area contributed by atoms with Crippen LogP contribution in [0.3, 0.4) is 0 Å². The largest absolute Gasteiger partial charge is 0.485 e. The summed E-state index contributed by atoms with van der Waals surface area (Å²) in [6.45, 7) is 8.90. The molecule has 0 bridgehead atoms. The highest BCUT2D eigenvalue weighted by Gasteiger charge is 2.42. The maximum absolute atomic E-state index is 10.9. The van der Waals surface area contributed by atoms with E-state index in [0.29, 0.717) is 6.04 Å². The Balaban J connectivity index is 0.00000261. The number of rotatable bonds is 6. The van der Waals surface area contributed by atoms with Gasteiger partial charge in [-0.05, 0) is 52.3 Å². The van der Waals surface area contributed by atoms with E-state index in [1.807, 2.05) is 26.0 Å². The maximum atomic E-state index is 10.9. The Morgan fingerprint density at radius 2 is 1.81 bits per heavy atom. The molecule has 0 radical (unpaired) electrons. The Kier molecular flexibility index (Phi) is 7.15. The van der Waals surface area contributed by atoms with Gasteiger partial charge in [-0.25, -0.2) is 0 Å². The van der Waals surface area contributed by atoms with E-state index < -0.39 is 11.7 Å². The van der Waals surface area contributed by atoms with Gasteiger partial charge in [-0.3, -0.25) is 0 Å². The number of hydrogen-bond donors (Lipinski definition) is 3. The van der Waals surface area contributed by atoms with Crippen molar-refractivity contribution in [2.45, 2.75) is 57.9 Å². The summed E-state index contributed by atoms with van der Waals surface area (Å²) in [6.07, 6.45) is 0.308. The highest BCUT2D eigenvalue weighted by molar-refractivity contribution is 5.85. The molecule has 1 heterocycles. The zero-order valence-corrected chi connectivity index (χ0v) is 17.3. The fraction of sp³-hybridized carbons (Fsp3) is 0.455. The molecule has 148 valence electrons. The van der Waals surface area contributed by atoms with E-state index in [1.54, 1.807) is 0 Å². The topological polar surface area (TPSA) is 53.5 Å². The summed E-state index contributed by atoms with van der Waals surface area (Å²) in [6, 6.07) is 16.8. The van der Waals surface area contributed by atoms with Crippen LogP contribution < -0.4 is 15.4 Å². The summed E-state index contributed by atoms with van der Waals surface area (Å²) < 4.78 is 6.12. The number of aliphatic hydroxyl groups excluding tert-OH is 1. The molecule has 2 atom stereocenters. The monoisotopic (exact) mass is 390 g/mol. The van der Waals surface area contributed by atoms with Gasteiger partial charge in [0.2, 0.25) is 0 Å². The summed E-state index contributed by atoms with van der Waals surface area (Å²) in [7, 11) is 0. The molecule has 27 heavy (non-hydrogen) atoms. The third-order valence-corrected chi connectivity index (χ3v) is 4.83. The summed E-state index contributed by atoms with van der Waals surface area (Å²) in [5.74, 6) is 0.836. The minimum absolute atomic E-state index is 0. The maximum Gasteiger partial charge on any atom is 0.131 e. The lowest BCUT2D eigenvalue weighted by molar-refractivity contribution is -0.0643. The standard InChI is InChI=1S/C22H30N2O2.ClH/c1-15(2)24-17-10-11-18-19(14-17)26-22(3,4)21(25)20(18)23-13-12-16-8-6-5-7-9-16;/h5-11,14-15,20-21,23-25H,12-13H2,1-4H3;1H/t20-,21+;/m0./s1. The normalized spacial score (nSPS) is 20.4. The molecule has 4 nitrogen and oxygen atoms in total. The van der Waals surface area contributed by atoms with Crippen LogP contribution in [0, 0.1) is 0 Å². The van der Waals surface area contributed by atoms with Crippen LogP contribution >= 0.6 is 12.4 Å². The first-order valence-electron chi connectivity index (χ1n) is 9.42. The van der Waals surface area contributed by atoms with E-state index in [0.717, 1.165) is 30.0 Å². The van der Waals surface area contributed by atoms with E-state index in [9.17, 15) is 5.11 Å². The smallest absolute Gasteiger partial charge is 0.131 e. The fourth-order valence-corrected chi connectivity index (χ4v) is 3.46. The van der Waals surface area contributed by atoms with Crippen LogP contribution in [0.4, 0.5) is 5.69 Å². The van der Waals surface area contributed by atoms with Gasteiger partial charge in [-0.1, -0.05) is 36.4 Å². The molecule has 3 N–H and O–H groups in total. The highest BCUT2D eigenvalue weighted by Crippen LogP contribution is 2.41. The summed E-state index contributed by atoms with van der Waals surface area (Å²) >= 11 is 0. The van der Waals surface area contributed by atoms with Crippen molar-refractivity contribution in [1.29, 1.82) is 0 Å². The molecule has 0 spiro atoms. The molecule has 0 fully saturated rings. The summed E-state index contributed by atoms with van der Waals surface area (Å²) in [5, 5.41) is 17.8. The molecular weight excluding hydrogens is 360 g/mol. The second-order valence-electron chi connectivity index (χ2n) is 7.87. The molecule has 2 aromatic carbocycles. The number of aliphatic hydroxyl groups is 1. The van der Waals surface area contributed by atoms with Crippen molar-refractivity contribution in [3.8, 4) is 5.75 Å². The van der Waals surface area contributed by atoms with Crippen LogP contribution in [-0.4, -0.2) is 29.4 Å². The first kappa shape index (κ1) is 21.5. The third kappa shape index (κ3) is 5.16. The fourth-order valence-electron chi connectivity index (χ4n) is 3.46. The number of fused-ring (bicyclic) bond motifs is 1. The molecule has 2 aromatic rings. The molecule has 1 aliphatic heterocycles. The van der Waals surface area contributed by atoms with Crippen LogP contribution in [0.2, 0.25) is 0 Å². The van der Waals surface area contributed by atoms with Crippen LogP contribution in [0.1, 0.15) is 44.9 Å². The Hall–Kier alpha value is -1.75. The van der Waals surface area contributed by atoms with Gasteiger partial charge in [0.25, 0.3) is 0 Å². The van der Waals surface area contributed by atoms with Gasteiger partial charge >= 0.3 is 0 Å². The van der Waals surface area contributed by atoms with Gasteiger partial charge in [-0.2, -0.15) is 0 Å². The molecular formula is C22H31ClN2O2. The zero-order valence-electron chi connectivity index (χ0n) is 16.5. The van der Waals surface area contributed by atoms with Crippen LogP contribution in [0.5, 0.6) is 5.75 Å². The molecule has 0 aromatic heterocycles. The number of hydrogen-bond acceptors (Lipinski definition) is 4. The molecule has 0 saturated heterocycles. The lowest BCUT2D eigenvalue weighted by Crippen LogP contribution is -2.52. The number of benzene rings is 2. The van der Waals surface area contributed by atoms with Crippen molar-refractivity contribution >= 4 is 18.1 Å². The predicted octanol–water partition coefficient (Wildman–Crippen LogP) is 4.33. The van der Waals surface area contributed by atoms with Gasteiger partial charge in [0.1, 0.15) is 17.5 Å². The quantitative estimate of drug-likeness (QED) is 0.687. The van der Waals surface area contributed by atoms with Crippen molar-refractivity contribution in [2.75, 3.05) is 11.9 Å². The third-order valence-electron chi connectivity index (χ3n) is 4.83. The molecule has 0 saturated carbocycles. The average molecular weight is 391 g/mol. The number of ether oxygens (including phenoxy) is 1. The van der Waals surface area contributed by atoms with Crippen LogP contribution in [0.15, 0.2) is 48.5 Å². The Morgan fingerprint density at radius 1 is 1.11 bits per heavy atom. The van der Waals surface area contributed by atoms with E-state index in [1.165, 1.54) is 5.56 Å². The minimum Gasteiger partial charge on any atom is -0.485 e. The van der Waals surface area contributed by atoms with Gasteiger partial charge in [0.05, 0.1) is 6.04 Å². The second kappa shape index (κ2) is 8.96. The highest BCUT2D eigenvalue weighted by atomic mass is 35.5. The Bertz CT molecular complexity index is 734. The van der Waals surface area contributed by atoms with Gasteiger partial charge < -0.3 is 20.5 Å². The first-order chi connectivity index (χ1) is 12.4. The molecule has 0 unspecified atom stereocenters. The Morgan fingerprint density at radius 3 is 2.48 bits per heavy atom. The second-order valence-corrected chi connectivity index (χ2v) is 7.87. The van der Waals surface area contributed by atoms with Gasteiger partial charge in [0, 0.05) is 23.4 Å². The average Bonchev–Trinajstić information content (AvgIpc) is 2.58. The lowest BCUT2D eigenvalue weighted by atomic mass is 9.86. The van der Waals surface area contributed by atoms with Crippen LogP contribution in [0.25, 0.3) is 0 Å². The lowest BCUT2D eigenvalue weighted by Gasteiger charge is -2.42. The van der Waals surface area contributed by atoms with Crippen molar-refractivity contribution < 1.29 is 9.84 Å². The van der Waals surface area contributed by atoms with Crippen LogP contribution in [-0.2, 0) is 6.42 Å². The van der Waals surface area contributed by atoms with Gasteiger partial charge in [0.15, 0.2) is 0 Å². The molecule has 0 aliphatic carbocycles. The van der Waals surface area contributed by atoms with Crippen molar-refractivity contribution in [2.24, 2.45) is 0 Å². The number of nitrogens with one attached hydrogen (secondary N) is 2. The van der Waals surface area contributed by atoms with E-state index in [2.05, 4.69) is 60.9 Å².